The van der Waals surface area contributed by atoms with Gasteiger partial charge < -0.3 is 9.64 Å². The Bertz CT molecular complexity index is 869. The Hall–Kier alpha value is -2.79. The van der Waals surface area contributed by atoms with Crippen LogP contribution < -0.4 is 4.74 Å². The van der Waals surface area contributed by atoms with Crippen LogP contribution in [0.5, 0.6) is 5.88 Å². The number of carbonyl (C=O) groups is 1. The zero-order valence-electron chi connectivity index (χ0n) is 16.2. The standard InChI is InChI=1S/C24H24N2O2S/c27-24(21-11-12-23(25-15-21)28-22-13-14-29-18-22)26(16-19-7-3-1-4-8-19)17-20-9-5-2-6-10-20/h1-12,15,22H,13-14,16-18H2. The summed E-state index contributed by atoms with van der Waals surface area (Å²) in [5.74, 6) is 2.69. The van der Waals surface area contributed by atoms with E-state index in [0.29, 0.717) is 24.5 Å². The highest BCUT2D eigenvalue weighted by Gasteiger charge is 2.20. The molecule has 2 heterocycles. The number of benzene rings is 2. The molecule has 148 valence electrons. The van der Waals surface area contributed by atoms with Crippen LogP contribution in [0.15, 0.2) is 79.0 Å². The van der Waals surface area contributed by atoms with Crippen molar-refractivity contribution in [1.82, 2.24) is 9.88 Å². The number of hydrogen-bond donors (Lipinski definition) is 0. The molecule has 3 aromatic rings. The van der Waals surface area contributed by atoms with Gasteiger partial charge in [0.25, 0.3) is 5.91 Å². The molecule has 5 heteroatoms. The van der Waals surface area contributed by atoms with Gasteiger partial charge in [-0.2, -0.15) is 11.8 Å². The second-order valence-corrected chi connectivity index (χ2v) is 8.27. The summed E-state index contributed by atoms with van der Waals surface area (Å²) < 4.78 is 5.90. The van der Waals surface area contributed by atoms with Crippen LogP contribution in [-0.4, -0.2) is 33.4 Å². The van der Waals surface area contributed by atoms with Crippen LogP contribution in [0.3, 0.4) is 0 Å². The molecule has 0 bridgehead atoms. The Morgan fingerprint density at radius 1 is 0.966 bits per heavy atom. The minimum atomic E-state index is -0.0341. The van der Waals surface area contributed by atoms with Gasteiger partial charge in [0, 0.05) is 31.1 Å². The minimum absolute atomic E-state index is 0.0341. The molecular weight excluding hydrogens is 380 g/mol. The van der Waals surface area contributed by atoms with Gasteiger partial charge in [-0.1, -0.05) is 60.7 Å². The first-order chi connectivity index (χ1) is 14.3. The van der Waals surface area contributed by atoms with Crippen molar-refractivity contribution in [3.63, 3.8) is 0 Å². The summed E-state index contributed by atoms with van der Waals surface area (Å²) in [4.78, 5) is 19.5. The third-order valence-corrected chi connectivity index (χ3v) is 6.01. The Morgan fingerprint density at radius 3 is 2.14 bits per heavy atom. The Kier molecular flexibility index (Phi) is 6.47. The van der Waals surface area contributed by atoms with Crippen LogP contribution in [0.25, 0.3) is 0 Å². The maximum Gasteiger partial charge on any atom is 0.256 e. The van der Waals surface area contributed by atoms with Crippen molar-refractivity contribution in [3.8, 4) is 5.88 Å². The van der Waals surface area contributed by atoms with Gasteiger partial charge >= 0.3 is 0 Å². The number of nitrogens with zero attached hydrogens (tertiary/aromatic N) is 2. The number of hydrogen-bond acceptors (Lipinski definition) is 4. The number of rotatable bonds is 7. The second-order valence-electron chi connectivity index (χ2n) is 7.12. The van der Waals surface area contributed by atoms with Gasteiger partial charge in [0.2, 0.25) is 5.88 Å². The highest BCUT2D eigenvalue weighted by atomic mass is 32.2. The second kappa shape index (κ2) is 9.61. The maximum atomic E-state index is 13.3. The molecule has 0 spiro atoms. The normalized spacial score (nSPS) is 15.8. The summed E-state index contributed by atoms with van der Waals surface area (Å²) >= 11 is 1.90. The minimum Gasteiger partial charge on any atom is -0.473 e. The lowest BCUT2D eigenvalue weighted by atomic mass is 10.1. The van der Waals surface area contributed by atoms with Gasteiger partial charge in [-0.05, 0) is 29.4 Å². The summed E-state index contributed by atoms with van der Waals surface area (Å²) in [7, 11) is 0. The van der Waals surface area contributed by atoms with Crippen LogP contribution in [0.4, 0.5) is 0 Å². The molecule has 0 N–H and O–H groups in total. The van der Waals surface area contributed by atoms with Gasteiger partial charge in [-0.25, -0.2) is 4.98 Å². The van der Waals surface area contributed by atoms with E-state index in [2.05, 4.69) is 4.98 Å². The fourth-order valence-corrected chi connectivity index (χ4v) is 4.44. The van der Waals surface area contributed by atoms with E-state index in [4.69, 9.17) is 4.74 Å². The number of aromatic nitrogens is 1. The molecule has 4 nitrogen and oxygen atoms in total. The molecule has 1 aliphatic rings. The van der Waals surface area contributed by atoms with Crippen molar-refractivity contribution in [3.05, 3.63) is 95.7 Å². The van der Waals surface area contributed by atoms with Crippen LogP contribution in [0, 0.1) is 0 Å². The van der Waals surface area contributed by atoms with E-state index in [1.165, 1.54) is 0 Å². The molecule has 0 aliphatic carbocycles. The summed E-state index contributed by atoms with van der Waals surface area (Å²) in [5, 5.41) is 0. The predicted octanol–water partition coefficient (Wildman–Crippen LogP) is 4.81. The average molecular weight is 405 g/mol. The molecule has 1 saturated heterocycles. The lowest BCUT2D eigenvalue weighted by molar-refractivity contribution is 0.0729. The molecule has 1 amide bonds. The largest absolute Gasteiger partial charge is 0.473 e. The SMILES string of the molecule is O=C(c1ccc(OC2CCSC2)nc1)N(Cc1ccccc1)Cc1ccccc1. The van der Waals surface area contributed by atoms with E-state index in [-0.39, 0.29) is 12.0 Å². The number of thioether (sulfide) groups is 1. The summed E-state index contributed by atoms with van der Waals surface area (Å²) in [6, 6.07) is 23.7. The zero-order valence-corrected chi connectivity index (χ0v) is 17.1. The maximum absolute atomic E-state index is 13.3. The van der Waals surface area contributed by atoms with Crippen molar-refractivity contribution >= 4 is 17.7 Å². The van der Waals surface area contributed by atoms with Crippen molar-refractivity contribution < 1.29 is 9.53 Å². The Balaban J connectivity index is 1.50. The molecule has 2 aromatic carbocycles. The third-order valence-electron chi connectivity index (χ3n) is 4.88. The molecule has 1 aliphatic heterocycles. The van der Waals surface area contributed by atoms with Gasteiger partial charge in [-0.3, -0.25) is 4.79 Å². The summed E-state index contributed by atoms with van der Waals surface area (Å²) in [6.07, 6.45) is 2.90. The van der Waals surface area contributed by atoms with Gasteiger partial charge in [0.15, 0.2) is 0 Å². The first-order valence-corrected chi connectivity index (χ1v) is 11.0. The van der Waals surface area contributed by atoms with Crippen LogP contribution in [0.1, 0.15) is 27.9 Å². The topological polar surface area (TPSA) is 42.4 Å². The van der Waals surface area contributed by atoms with E-state index in [9.17, 15) is 4.79 Å². The van der Waals surface area contributed by atoms with Gasteiger partial charge in [0.05, 0.1) is 5.56 Å². The van der Waals surface area contributed by atoms with Crippen LogP contribution >= 0.6 is 11.8 Å². The number of ether oxygens (including phenoxy) is 1. The summed E-state index contributed by atoms with van der Waals surface area (Å²) in [6.45, 7) is 1.10. The molecule has 1 fully saturated rings. The monoisotopic (exact) mass is 404 g/mol. The highest BCUT2D eigenvalue weighted by Crippen LogP contribution is 2.22. The number of carbonyl (C=O) groups excluding carboxylic acids is 1. The van der Waals surface area contributed by atoms with Crippen molar-refractivity contribution in [2.45, 2.75) is 25.6 Å². The zero-order chi connectivity index (χ0) is 19.9. The lowest BCUT2D eigenvalue weighted by Gasteiger charge is -2.23. The fourth-order valence-electron chi connectivity index (χ4n) is 3.34. The molecular formula is C24H24N2O2S. The molecule has 1 unspecified atom stereocenters. The number of amides is 1. The van der Waals surface area contributed by atoms with Crippen LogP contribution in [0.2, 0.25) is 0 Å². The van der Waals surface area contributed by atoms with E-state index < -0.39 is 0 Å². The molecule has 0 radical (unpaired) electrons. The lowest BCUT2D eigenvalue weighted by Crippen LogP contribution is -2.30. The van der Waals surface area contributed by atoms with E-state index >= 15 is 0 Å². The first kappa shape index (κ1) is 19.5. The van der Waals surface area contributed by atoms with Crippen LogP contribution in [-0.2, 0) is 13.1 Å². The third kappa shape index (κ3) is 5.39. The quantitative estimate of drug-likeness (QED) is 0.567. The summed E-state index contributed by atoms with van der Waals surface area (Å²) in [5.41, 5.74) is 2.77. The predicted molar refractivity (Wildman–Crippen MR) is 117 cm³/mol. The Morgan fingerprint density at radius 2 is 1.62 bits per heavy atom. The Labute approximate surface area is 175 Å². The van der Waals surface area contributed by atoms with E-state index in [1.807, 2.05) is 83.4 Å². The van der Waals surface area contributed by atoms with E-state index in [1.54, 1.807) is 12.3 Å². The molecule has 0 saturated carbocycles. The molecule has 29 heavy (non-hydrogen) atoms. The highest BCUT2D eigenvalue weighted by molar-refractivity contribution is 7.99. The molecule has 4 rings (SSSR count). The van der Waals surface area contributed by atoms with Crippen molar-refractivity contribution in [1.29, 1.82) is 0 Å². The molecule has 1 atom stereocenters. The van der Waals surface area contributed by atoms with Crippen molar-refractivity contribution in [2.24, 2.45) is 0 Å². The molecule has 1 aromatic heterocycles. The fraction of sp³-hybridized carbons (Fsp3) is 0.250. The van der Waals surface area contributed by atoms with Crippen molar-refractivity contribution in [2.75, 3.05) is 11.5 Å². The van der Waals surface area contributed by atoms with E-state index in [0.717, 1.165) is 29.1 Å². The number of pyridine rings is 1. The van der Waals surface area contributed by atoms with Gasteiger partial charge in [0.1, 0.15) is 6.10 Å². The average Bonchev–Trinajstić information content (AvgIpc) is 3.28. The van der Waals surface area contributed by atoms with Gasteiger partial charge in [-0.15, -0.1) is 0 Å². The first-order valence-electron chi connectivity index (χ1n) is 9.85. The smallest absolute Gasteiger partial charge is 0.256 e.